The molecule has 1 aromatic rings. The number of benzene rings is 1. The Kier molecular flexibility index (Phi) is 3.66. The Morgan fingerprint density at radius 1 is 1.26 bits per heavy atom. The van der Waals surface area contributed by atoms with E-state index in [0.717, 1.165) is 10.5 Å². The van der Waals surface area contributed by atoms with Crippen molar-refractivity contribution in [2.75, 3.05) is 0 Å². The number of rotatable bonds is 3. The summed E-state index contributed by atoms with van der Waals surface area (Å²) < 4.78 is 0. The molecule has 2 unspecified atom stereocenters. The minimum Gasteiger partial charge on any atom is -0.274 e. The van der Waals surface area contributed by atoms with Crippen LogP contribution in [-0.4, -0.2) is 22.8 Å². The Balaban J connectivity index is 2.29. The smallest absolute Gasteiger partial charge is 0.238 e. The third kappa shape index (κ3) is 2.37. The third-order valence-corrected chi connectivity index (χ3v) is 3.43. The molecule has 1 aromatic carbocycles. The second-order valence-electron chi connectivity index (χ2n) is 5.09. The molecular weight excluding hydrogens is 240 g/mol. The number of imide groups is 1. The summed E-state index contributed by atoms with van der Waals surface area (Å²) >= 11 is 0. The summed E-state index contributed by atoms with van der Waals surface area (Å²) in [6, 6.07) is 10.6. The van der Waals surface area contributed by atoms with Gasteiger partial charge in [0.25, 0.3) is 0 Å². The standard InChI is InChI=1S/C15H16N2O2/c1-10(2)13(9-16)17-14(18)8-12(15(17)19)11-6-4-3-5-7-11/h3-7,10,12-13H,8H2,1-2H3. The van der Waals surface area contributed by atoms with Gasteiger partial charge in [-0.3, -0.25) is 14.5 Å². The van der Waals surface area contributed by atoms with Crippen molar-refractivity contribution in [3.63, 3.8) is 0 Å². The maximum Gasteiger partial charge on any atom is 0.238 e. The van der Waals surface area contributed by atoms with Gasteiger partial charge in [0.1, 0.15) is 6.04 Å². The molecule has 0 saturated carbocycles. The fraction of sp³-hybridized carbons (Fsp3) is 0.400. The SMILES string of the molecule is CC(C)C(C#N)N1C(=O)CC(c2ccccc2)C1=O. The number of nitriles is 1. The van der Waals surface area contributed by atoms with Crippen molar-refractivity contribution >= 4 is 11.8 Å². The van der Waals surface area contributed by atoms with Crippen LogP contribution < -0.4 is 0 Å². The van der Waals surface area contributed by atoms with Gasteiger partial charge in [-0.1, -0.05) is 44.2 Å². The molecular formula is C15H16N2O2. The average Bonchev–Trinajstić information content (AvgIpc) is 2.68. The molecule has 98 valence electrons. The first-order valence-corrected chi connectivity index (χ1v) is 6.36. The largest absolute Gasteiger partial charge is 0.274 e. The van der Waals surface area contributed by atoms with E-state index in [9.17, 15) is 9.59 Å². The van der Waals surface area contributed by atoms with Crippen molar-refractivity contribution in [1.29, 1.82) is 5.26 Å². The predicted molar refractivity (Wildman–Crippen MR) is 69.9 cm³/mol. The first kappa shape index (κ1) is 13.3. The molecule has 1 aliphatic rings. The molecule has 0 bridgehead atoms. The lowest BCUT2D eigenvalue weighted by Gasteiger charge is -2.23. The number of likely N-dealkylation sites (tertiary alicyclic amines) is 1. The molecule has 0 spiro atoms. The Morgan fingerprint density at radius 2 is 1.89 bits per heavy atom. The summed E-state index contributed by atoms with van der Waals surface area (Å²) in [7, 11) is 0. The monoisotopic (exact) mass is 256 g/mol. The van der Waals surface area contributed by atoms with Crippen LogP contribution in [0.15, 0.2) is 30.3 Å². The topological polar surface area (TPSA) is 61.2 Å². The highest BCUT2D eigenvalue weighted by atomic mass is 16.2. The van der Waals surface area contributed by atoms with Crippen molar-refractivity contribution in [2.24, 2.45) is 5.92 Å². The minimum absolute atomic E-state index is 0.0626. The summed E-state index contributed by atoms with van der Waals surface area (Å²) in [4.78, 5) is 25.5. The zero-order valence-corrected chi connectivity index (χ0v) is 11.0. The molecule has 1 saturated heterocycles. The van der Waals surface area contributed by atoms with Crippen LogP contribution in [0, 0.1) is 17.2 Å². The zero-order chi connectivity index (χ0) is 14.0. The third-order valence-electron chi connectivity index (χ3n) is 3.43. The zero-order valence-electron chi connectivity index (χ0n) is 11.0. The van der Waals surface area contributed by atoms with Gasteiger partial charge in [0.05, 0.1) is 12.0 Å². The lowest BCUT2D eigenvalue weighted by atomic mass is 9.97. The Labute approximate surface area is 112 Å². The molecule has 2 amide bonds. The van der Waals surface area contributed by atoms with E-state index in [1.54, 1.807) is 0 Å². The van der Waals surface area contributed by atoms with Crippen LogP contribution in [0.1, 0.15) is 31.7 Å². The van der Waals surface area contributed by atoms with Gasteiger partial charge in [0, 0.05) is 6.42 Å². The van der Waals surface area contributed by atoms with Gasteiger partial charge in [0.15, 0.2) is 0 Å². The maximum atomic E-state index is 12.4. The average molecular weight is 256 g/mol. The van der Waals surface area contributed by atoms with E-state index in [4.69, 9.17) is 5.26 Å². The van der Waals surface area contributed by atoms with Crippen LogP contribution in [0.4, 0.5) is 0 Å². The number of nitrogens with zero attached hydrogens (tertiary/aromatic N) is 2. The van der Waals surface area contributed by atoms with Crippen LogP contribution in [0.2, 0.25) is 0 Å². The summed E-state index contributed by atoms with van der Waals surface area (Å²) in [6.07, 6.45) is 0.160. The maximum absolute atomic E-state index is 12.4. The van der Waals surface area contributed by atoms with E-state index in [2.05, 4.69) is 6.07 Å². The van der Waals surface area contributed by atoms with Gasteiger partial charge >= 0.3 is 0 Å². The summed E-state index contributed by atoms with van der Waals surface area (Å²) in [6.45, 7) is 3.68. The molecule has 1 aliphatic heterocycles. The van der Waals surface area contributed by atoms with Gasteiger partial charge in [-0.05, 0) is 11.5 Å². The molecule has 19 heavy (non-hydrogen) atoms. The van der Waals surface area contributed by atoms with Crippen LogP contribution >= 0.6 is 0 Å². The quantitative estimate of drug-likeness (QED) is 0.778. The number of amides is 2. The molecule has 0 aromatic heterocycles. The van der Waals surface area contributed by atoms with Crippen LogP contribution in [-0.2, 0) is 9.59 Å². The molecule has 1 fully saturated rings. The normalized spacial score (nSPS) is 20.7. The Morgan fingerprint density at radius 3 is 2.42 bits per heavy atom. The predicted octanol–water partition coefficient (Wildman–Crippen LogP) is 2.08. The Hall–Kier alpha value is -2.15. The van der Waals surface area contributed by atoms with Crippen molar-refractivity contribution in [3.05, 3.63) is 35.9 Å². The van der Waals surface area contributed by atoms with Crippen molar-refractivity contribution in [2.45, 2.75) is 32.2 Å². The van der Waals surface area contributed by atoms with Gasteiger partial charge in [-0.15, -0.1) is 0 Å². The fourth-order valence-corrected chi connectivity index (χ4v) is 2.39. The molecule has 4 heteroatoms. The highest BCUT2D eigenvalue weighted by Gasteiger charge is 2.43. The highest BCUT2D eigenvalue weighted by Crippen LogP contribution is 2.32. The second-order valence-corrected chi connectivity index (χ2v) is 5.09. The molecule has 0 radical (unpaired) electrons. The number of hydrogen-bond donors (Lipinski definition) is 0. The van der Waals surface area contributed by atoms with Crippen LogP contribution in [0.3, 0.4) is 0 Å². The molecule has 2 rings (SSSR count). The van der Waals surface area contributed by atoms with E-state index >= 15 is 0 Å². The van der Waals surface area contributed by atoms with Gasteiger partial charge in [-0.25, -0.2) is 0 Å². The number of carbonyl (C=O) groups excluding carboxylic acids is 2. The summed E-state index contributed by atoms with van der Waals surface area (Å²) in [5, 5.41) is 9.15. The van der Waals surface area contributed by atoms with Crippen LogP contribution in [0.25, 0.3) is 0 Å². The summed E-state index contributed by atoms with van der Waals surface area (Å²) in [5.74, 6) is -1.01. The van der Waals surface area contributed by atoms with Crippen molar-refractivity contribution in [3.8, 4) is 6.07 Å². The van der Waals surface area contributed by atoms with Gasteiger partial charge in [-0.2, -0.15) is 5.26 Å². The molecule has 0 N–H and O–H groups in total. The van der Waals surface area contributed by atoms with Gasteiger partial charge < -0.3 is 0 Å². The first-order chi connectivity index (χ1) is 9.06. The summed E-state index contributed by atoms with van der Waals surface area (Å²) in [5.41, 5.74) is 0.837. The van der Waals surface area contributed by atoms with Crippen LogP contribution in [0.5, 0.6) is 0 Å². The molecule has 0 aliphatic carbocycles. The lowest BCUT2D eigenvalue weighted by Crippen LogP contribution is -2.42. The van der Waals surface area contributed by atoms with E-state index in [1.807, 2.05) is 44.2 Å². The minimum atomic E-state index is -0.672. The van der Waals surface area contributed by atoms with Crippen molar-refractivity contribution < 1.29 is 9.59 Å². The van der Waals surface area contributed by atoms with E-state index in [0.29, 0.717) is 0 Å². The van der Waals surface area contributed by atoms with E-state index in [1.165, 1.54) is 0 Å². The molecule has 1 heterocycles. The number of hydrogen-bond acceptors (Lipinski definition) is 3. The van der Waals surface area contributed by atoms with Crippen molar-refractivity contribution in [1.82, 2.24) is 4.90 Å². The highest BCUT2D eigenvalue weighted by molar-refractivity contribution is 6.06. The van der Waals surface area contributed by atoms with Gasteiger partial charge in [0.2, 0.25) is 11.8 Å². The first-order valence-electron chi connectivity index (χ1n) is 6.36. The fourth-order valence-electron chi connectivity index (χ4n) is 2.39. The van der Waals surface area contributed by atoms with E-state index in [-0.39, 0.29) is 24.2 Å². The Bertz CT molecular complexity index is 531. The number of carbonyl (C=O) groups is 2. The second kappa shape index (κ2) is 5.23. The molecule has 2 atom stereocenters. The molecule has 4 nitrogen and oxygen atoms in total. The van der Waals surface area contributed by atoms with E-state index < -0.39 is 12.0 Å². The lowest BCUT2D eigenvalue weighted by molar-refractivity contribution is -0.141.